The van der Waals surface area contributed by atoms with Gasteiger partial charge in [-0.25, -0.2) is 4.79 Å². The maximum absolute atomic E-state index is 10.9. The standard InChI is InChI=1S/C10H18N2O2/c1-4-5-11-6-9(3)12(10(13)14)7-8(11)2/h4,8-9H,1,5-7H2,2-3H3,(H,13,14). The van der Waals surface area contributed by atoms with Gasteiger partial charge in [0.15, 0.2) is 0 Å². The third-order valence-electron chi connectivity index (χ3n) is 2.72. The average Bonchev–Trinajstić information content (AvgIpc) is 2.10. The quantitative estimate of drug-likeness (QED) is 0.679. The van der Waals surface area contributed by atoms with Crippen LogP contribution in [0.25, 0.3) is 0 Å². The Morgan fingerprint density at radius 1 is 1.50 bits per heavy atom. The molecule has 1 aliphatic heterocycles. The number of nitrogens with zero attached hydrogens (tertiary/aromatic N) is 2. The van der Waals surface area contributed by atoms with Crippen molar-refractivity contribution in [3.8, 4) is 0 Å². The summed E-state index contributed by atoms with van der Waals surface area (Å²) in [6.07, 6.45) is 1.04. The van der Waals surface area contributed by atoms with Gasteiger partial charge in [0.2, 0.25) is 0 Å². The lowest BCUT2D eigenvalue weighted by Crippen LogP contribution is -2.57. The van der Waals surface area contributed by atoms with E-state index in [-0.39, 0.29) is 12.1 Å². The zero-order valence-corrected chi connectivity index (χ0v) is 8.81. The van der Waals surface area contributed by atoms with Gasteiger partial charge in [-0.3, -0.25) is 4.90 Å². The fourth-order valence-electron chi connectivity index (χ4n) is 1.88. The topological polar surface area (TPSA) is 43.8 Å². The Morgan fingerprint density at radius 2 is 2.14 bits per heavy atom. The number of amides is 1. The monoisotopic (exact) mass is 198 g/mol. The molecule has 0 radical (unpaired) electrons. The van der Waals surface area contributed by atoms with Crippen LogP contribution in [0.1, 0.15) is 13.8 Å². The highest BCUT2D eigenvalue weighted by Crippen LogP contribution is 2.14. The molecule has 1 aliphatic rings. The normalized spacial score (nSPS) is 28.9. The Morgan fingerprint density at radius 3 is 2.64 bits per heavy atom. The second-order valence-corrected chi connectivity index (χ2v) is 3.88. The van der Waals surface area contributed by atoms with Crippen molar-refractivity contribution in [3.63, 3.8) is 0 Å². The molecule has 1 N–H and O–H groups in total. The summed E-state index contributed by atoms with van der Waals surface area (Å²) >= 11 is 0. The molecule has 2 unspecified atom stereocenters. The van der Waals surface area contributed by atoms with E-state index in [0.29, 0.717) is 6.54 Å². The van der Waals surface area contributed by atoms with Gasteiger partial charge < -0.3 is 10.0 Å². The Kier molecular flexibility index (Phi) is 3.52. The smallest absolute Gasteiger partial charge is 0.407 e. The molecule has 1 rings (SSSR count). The number of rotatable bonds is 2. The molecule has 0 aromatic rings. The predicted molar refractivity (Wildman–Crippen MR) is 55.4 cm³/mol. The lowest BCUT2D eigenvalue weighted by molar-refractivity contribution is 0.0499. The van der Waals surface area contributed by atoms with Crippen LogP contribution in [0.15, 0.2) is 12.7 Å². The van der Waals surface area contributed by atoms with Crippen LogP contribution in [0, 0.1) is 0 Å². The maximum Gasteiger partial charge on any atom is 0.407 e. The minimum Gasteiger partial charge on any atom is -0.465 e. The Labute approximate surface area is 84.8 Å². The van der Waals surface area contributed by atoms with E-state index in [1.54, 1.807) is 0 Å². The molecule has 1 fully saturated rings. The van der Waals surface area contributed by atoms with E-state index < -0.39 is 6.09 Å². The van der Waals surface area contributed by atoms with E-state index >= 15 is 0 Å². The summed E-state index contributed by atoms with van der Waals surface area (Å²) in [6, 6.07) is 0.351. The summed E-state index contributed by atoms with van der Waals surface area (Å²) < 4.78 is 0. The third-order valence-corrected chi connectivity index (χ3v) is 2.72. The van der Waals surface area contributed by atoms with Gasteiger partial charge in [0.1, 0.15) is 0 Å². The van der Waals surface area contributed by atoms with Crippen LogP contribution in [-0.2, 0) is 0 Å². The molecule has 1 saturated heterocycles. The fourth-order valence-corrected chi connectivity index (χ4v) is 1.88. The lowest BCUT2D eigenvalue weighted by atomic mass is 10.1. The zero-order valence-electron chi connectivity index (χ0n) is 8.81. The van der Waals surface area contributed by atoms with E-state index in [2.05, 4.69) is 11.5 Å². The molecule has 4 heteroatoms. The van der Waals surface area contributed by atoms with Crippen LogP contribution in [0.3, 0.4) is 0 Å². The highest BCUT2D eigenvalue weighted by atomic mass is 16.4. The van der Waals surface area contributed by atoms with Crippen molar-refractivity contribution in [2.45, 2.75) is 25.9 Å². The first kappa shape index (κ1) is 11.0. The molecular weight excluding hydrogens is 180 g/mol. The van der Waals surface area contributed by atoms with Gasteiger partial charge >= 0.3 is 6.09 Å². The minimum atomic E-state index is -0.817. The fraction of sp³-hybridized carbons (Fsp3) is 0.700. The summed E-state index contributed by atoms with van der Waals surface area (Å²) in [5, 5.41) is 8.93. The molecule has 0 bridgehead atoms. The number of hydrogen-bond acceptors (Lipinski definition) is 2. The molecular formula is C10H18N2O2. The van der Waals surface area contributed by atoms with Crippen molar-refractivity contribution in [2.24, 2.45) is 0 Å². The van der Waals surface area contributed by atoms with Crippen molar-refractivity contribution >= 4 is 6.09 Å². The largest absolute Gasteiger partial charge is 0.465 e. The first-order valence-electron chi connectivity index (χ1n) is 4.90. The van der Waals surface area contributed by atoms with E-state index in [0.717, 1.165) is 13.1 Å². The van der Waals surface area contributed by atoms with Gasteiger partial charge in [-0.15, -0.1) is 6.58 Å². The molecule has 2 atom stereocenters. The van der Waals surface area contributed by atoms with Gasteiger partial charge in [0.05, 0.1) is 0 Å². The lowest BCUT2D eigenvalue weighted by Gasteiger charge is -2.42. The van der Waals surface area contributed by atoms with E-state index in [4.69, 9.17) is 5.11 Å². The maximum atomic E-state index is 10.9. The summed E-state index contributed by atoms with van der Waals surface area (Å²) in [5.74, 6) is 0. The van der Waals surface area contributed by atoms with Gasteiger partial charge in [-0.2, -0.15) is 0 Å². The van der Waals surface area contributed by atoms with Gasteiger partial charge in [0.25, 0.3) is 0 Å². The minimum absolute atomic E-state index is 0.0728. The first-order chi connectivity index (χ1) is 6.56. The summed E-state index contributed by atoms with van der Waals surface area (Å²) in [6.45, 7) is 9.90. The van der Waals surface area contributed by atoms with Crippen LogP contribution in [0.5, 0.6) is 0 Å². The van der Waals surface area contributed by atoms with E-state index in [9.17, 15) is 4.79 Å². The van der Waals surface area contributed by atoms with Crippen LogP contribution in [-0.4, -0.2) is 52.7 Å². The summed E-state index contributed by atoms with van der Waals surface area (Å²) in [4.78, 5) is 14.6. The van der Waals surface area contributed by atoms with E-state index in [1.807, 2.05) is 19.9 Å². The first-order valence-corrected chi connectivity index (χ1v) is 4.90. The number of carboxylic acid groups (broad SMARTS) is 1. The Balaban J connectivity index is 2.61. The zero-order chi connectivity index (χ0) is 10.7. The van der Waals surface area contributed by atoms with Crippen molar-refractivity contribution in [2.75, 3.05) is 19.6 Å². The Hall–Kier alpha value is -1.03. The molecule has 1 heterocycles. The van der Waals surface area contributed by atoms with Crippen molar-refractivity contribution in [1.82, 2.24) is 9.80 Å². The second-order valence-electron chi connectivity index (χ2n) is 3.88. The molecule has 0 aromatic carbocycles. The summed E-state index contributed by atoms with van der Waals surface area (Å²) in [5.41, 5.74) is 0. The van der Waals surface area contributed by atoms with Crippen LogP contribution in [0.2, 0.25) is 0 Å². The molecule has 0 spiro atoms. The number of piperazine rings is 1. The Bertz CT molecular complexity index is 230. The predicted octanol–water partition coefficient (Wildman–Crippen LogP) is 1.24. The van der Waals surface area contributed by atoms with Crippen molar-refractivity contribution in [3.05, 3.63) is 12.7 Å². The van der Waals surface area contributed by atoms with Crippen LogP contribution < -0.4 is 0 Å². The SMILES string of the molecule is C=CCN1CC(C)N(C(=O)O)CC1C. The molecule has 0 saturated carbocycles. The van der Waals surface area contributed by atoms with E-state index in [1.165, 1.54) is 4.90 Å². The highest BCUT2D eigenvalue weighted by molar-refractivity contribution is 5.65. The second kappa shape index (κ2) is 4.46. The molecule has 1 amide bonds. The molecule has 0 aliphatic carbocycles. The van der Waals surface area contributed by atoms with Crippen molar-refractivity contribution in [1.29, 1.82) is 0 Å². The van der Waals surface area contributed by atoms with Crippen LogP contribution in [0.4, 0.5) is 4.79 Å². The van der Waals surface area contributed by atoms with Gasteiger partial charge in [0, 0.05) is 31.7 Å². The van der Waals surface area contributed by atoms with Crippen LogP contribution >= 0.6 is 0 Å². The summed E-state index contributed by atoms with van der Waals surface area (Å²) in [7, 11) is 0. The van der Waals surface area contributed by atoms with Crippen molar-refractivity contribution < 1.29 is 9.90 Å². The molecule has 0 aromatic heterocycles. The average molecular weight is 198 g/mol. The number of carbonyl (C=O) groups is 1. The third kappa shape index (κ3) is 2.26. The molecule has 80 valence electrons. The van der Waals surface area contributed by atoms with Gasteiger partial charge in [-0.1, -0.05) is 6.08 Å². The number of hydrogen-bond donors (Lipinski definition) is 1. The molecule has 14 heavy (non-hydrogen) atoms. The molecule has 4 nitrogen and oxygen atoms in total. The highest BCUT2D eigenvalue weighted by Gasteiger charge is 2.30. The van der Waals surface area contributed by atoms with Gasteiger partial charge in [-0.05, 0) is 13.8 Å².